The van der Waals surface area contributed by atoms with Gasteiger partial charge in [0.2, 0.25) is 0 Å². The Hall–Kier alpha value is -1.99. The maximum atomic E-state index is 9.32. The monoisotopic (exact) mass is 365 g/mol. The van der Waals surface area contributed by atoms with Crippen molar-refractivity contribution >= 4 is 5.96 Å². The van der Waals surface area contributed by atoms with E-state index in [1.807, 2.05) is 31.2 Å². The van der Waals surface area contributed by atoms with Gasteiger partial charge in [0.05, 0.1) is 20.3 Å². The van der Waals surface area contributed by atoms with Gasteiger partial charge in [-0.3, -0.25) is 4.99 Å². The van der Waals surface area contributed by atoms with Crippen LogP contribution in [0.1, 0.15) is 19.8 Å². The van der Waals surface area contributed by atoms with Gasteiger partial charge >= 0.3 is 0 Å². The number of aliphatic imine (C=N–C) groups is 1. The van der Waals surface area contributed by atoms with Crippen LogP contribution in [0.3, 0.4) is 0 Å². The summed E-state index contributed by atoms with van der Waals surface area (Å²) in [6.45, 7) is 4.89. The van der Waals surface area contributed by atoms with E-state index in [4.69, 9.17) is 14.2 Å². The van der Waals surface area contributed by atoms with Gasteiger partial charge in [-0.2, -0.15) is 0 Å². The summed E-state index contributed by atoms with van der Waals surface area (Å²) in [6.07, 6.45) is 1.61. The molecule has 26 heavy (non-hydrogen) atoms. The van der Waals surface area contributed by atoms with Crippen molar-refractivity contribution in [1.82, 2.24) is 10.6 Å². The molecule has 0 radical (unpaired) electrons. The van der Waals surface area contributed by atoms with Crippen LogP contribution in [0.15, 0.2) is 29.3 Å². The first-order valence-electron chi connectivity index (χ1n) is 9.05. The first kappa shape index (κ1) is 20.3. The first-order valence-corrected chi connectivity index (χ1v) is 9.05. The quantitative estimate of drug-likeness (QED) is 0.453. The normalized spacial score (nSPS) is 21.3. The van der Waals surface area contributed by atoms with Crippen molar-refractivity contribution in [2.45, 2.75) is 25.9 Å². The second-order valence-electron chi connectivity index (χ2n) is 6.66. The highest BCUT2D eigenvalue weighted by Crippen LogP contribution is 2.31. The van der Waals surface area contributed by atoms with Crippen molar-refractivity contribution in [3.05, 3.63) is 24.3 Å². The van der Waals surface area contributed by atoms with Crippen LogP contribution in [0.4, 0.5) is 0 Å². The molecule has 1 aliphatic heterocycles. The molecule has 1 aromatic rings. The Labute approximate surface area is 155 Å². The number of guanidine groups is 1. The van der Waals surface area contributed by atoms with E-state index in [1.54, 1.807) is 14.2 Å². The molecule has 2 atom stereocenters. The zero-order valence-electron chi connectivity index (χ0n) is 16.0. The lowest BCUT2D eigenvalue weighted by Gasteiger charge is -2.28. The highest BCUT2D eigenvalue weighted by molar-refractivity contribution is 5.79. The second-order valence-corrected chi connectivity index (χ2v) is 6.66. The van der Waals surface area contributed by atoms with Crippen molar-refractivity contribution in [2.75, 3.05) is 47.1 Å². The summed E-state index contributed by atoms with van der Waals surface area (Å²) in [5, 5.41) is 15.9. The van der Waals surface area contributed by atoms with Gasteiger partial charge in [-0.05, 0) is 31.9 Å². The fourth-order valence-electron chi connectivity index (χ4n) is 3.02. The number of hydrogen-bond donors (Lipinski definition) is 3. The zero-order chi connectivity index (χ0) is 18.8. The molecule has 1 aliphatic rings. The van der Waals surface area contributed by atoms with Gasteiger partial charge in [0.15, 0.2) is 17.5 Å². The molecule has 1 aromatic carbocycles. The number of nitrogens with one attached hydrogen (secondary N) is 2. The molecule has 3 N–H and O–H groups in total. The molecule has 0 spiro atoms. The van der Waals surface area contributed by atoms with Gasteiger partial charge in [-0.15, -0.1) is 0 Å². The summed E-state index contributed by atoms with van der Waals surface area (Å²) < 4.78 is 16.8. The van der Waals surface area contributed by atoms with Crippen LogP contribution >= 0.6 is 0 Å². The van der Waals surface area contributed by atoms with Crippen LogP contribution in [0.25, 0.3) is 0 Å². The Bertz CT molecular complexity index is 574. The standard InChI is InChI=1S/C19H31N3O4/c1-15(26-17-7-5-4-6-16(17)24-3)12-21-18(20-2)22-13-19(8-10-23)9-11-25-14-19/h4-7,15,23H,8-14H2,1-3H3,(H2,20,21,22). The fourth-order valence-corrected chi connectivity index (χ4v) is 3.02. The maximum absolute atomic E-state index is 9.32. The third kappa shape index (κ3) is 5.78. The van der Waals surface area contributed by atoms with E-state index in [9.17, 15) is 5.11 Å². The molecule has 2 rings (SSSR count). The number of aliphatic hydroxyl groups is 1. The van der Waals surface area contributed by atoms with Gasteiger partial charge in [-0.25, -0.2) is 0 Å². The number of aliphatic hydroxyl groups excluding tert-OH is 1. The molecule has 7 nitrogen and oxygen atoms in total. The summed E-state index contributed by atoms with van der Waals surface area (Å²) in [6, 6.07) is 7.60. The molecule has 2 unspecified atom stereocenters. The molecular weight excluding hydrogens is 334 g/mol. The molecule has 0 aromatic heterocycles. The number of methoxy groups -OCH3 is 1. The first-order chi connectivity index (χ1) is 12.6. The molecule has 7 heteroatoms. The number of rotatable bonds is 9. The van der Waals surface area contributed by atoms with E-state index in [2.05, 4.69) is 15.6 Å². The van der Waals surface area contributed by atoms with Crippen molar-refractivity contribution in [3.63, 3.8) is 0 Å². The molecular formula is C19H31N3O4. The van der Waals surface area contributed by atoms with Gasteiger partial charge < -0.3 is 30.0 Å². The molecule has 146 valence electrons. The van der Waals surface area contributed by atoms with E-state index in [-0.39, 0.29) is 18.1 Å². The van der Waals surface area contributed by atoms with Gasteiger partial charge in [-0.1, -0.05) is 12.1 Å². The molecule has 0 bridgehead atoms. The molecule has 0 saturated carbocycles. The van der Waals surface area contributed by atoms with Crippen LogP contribution in [-0.4, -0.2) is 64.2 Å². The summed E-state index contributed by atoms with van der Waals surface area (Å²) in [4.78, 5) is 4.26. The molecule has 1 saturated heterocycles. The van der Waals surface area contributed by atoms with E-state index in [1.165, 1.54) is 0 Å². The predicted molar refractivity (Wildman–Crippen MR) is 102 cm³/mol. The summed E-state index contributed by atoms with van der Waals surface area (Å²) in [7, 11) is 3.37. The van der Waals surface area contributed by atoms with Gasteiger partial charge in [0.1, 0.15) is 6.10 Å². The highest BCUT2D eigenvalue weighted by Gasteiger charge is 2.34. The average Bonchev–Trinajstić information content (AvgIpc) is 3.11. The lowest BCUT2D eigenvalue weighted by atomic mass is 9.84. The van der Waals surface area contributed by atoms with Gasteiger partial charge in [0.25, 0.3) is 0 Å². The zero-order valence-corrected chi connectivity index (χ0v) is 16.0. The maximum Gasteiger partial charge on any atom is 0.191 e. The van der Waals surface area contributed by atoms with Crippen LogP contribution in [0, 0.1) is 5.41 Å². The molecule has 1 heterocycles. The predicted octanol–water partition coefficient (Wildman–Crippen LogP) is 1.42. The highest BCUT2D eigenvalue weighted by atomic mass is 16.5. The number of benzene rings is 1. The summed E-state index contributed by atoms with van der Waals surface area (Å²) in [5.41, 5.74) is -0.0219. The summed E-state index contributed by atoms with van der Waals surface area (Å²) >= 11 is 0. The Kier molecular flexibility index (Phi) is 8.00. The molecule has 1 fully saturated rings. The lowest BCUT2D eigenvalue weighted by Crippen LogP contribution is -2.46. The minimum absolute atomic E-state index is 0.0219. The Morgan fingerprint density at radius 2 is 2.12 bits per heavy atom. The van der Waals surface area contributed by atoms with Gasteiger partial charge in [0, 0.05) is 32.2 Å². The number of para-hydroxylation sites is 2. The number of hydrogen-bond acceptors (Lipinski definition) is 5. The lowest BCUT2D eigenvalue weighted by molar-refractivity contribution is 0.127. The smallest absolute Gasteiger partial charge is 0.191 e. The third-order valence-electron chi connectivity index (χ3n) is 4.64. The van der Waals surface area contributed by atoms with Crippen molar-refractivity contribution in [2.24, 2.45) is 10.4 Å². The minimum Gasteiger partial charge on any atom is -0.493 e. The largest absolute Gasteiger partial charge is 0.493 e. The third-order valence-corrected chi connectivity index (χ3v) is 4.64. The topological polar surface area (TPSA) is 84.3 Å². The average molecular weight is 365 g/mol. The van der Waals surface area contributed by atoms with E-state index in [0.717, 1.165) is 31.7 Å². The van der Waals surface area contributed by atoms with E-state index >= 15 is 0 Å². The summed E-state index contributed by atoms with van der Waals surface area (Å²) in [5.74, 6) is 2.15. The minimum atomic E-state index is -0.0638. The van der Waals surface area contributed by atoms with E-state index < -0.39 is 0 Å². The van der Waals surface area contributed by atoms with Crippen LogP contribution in [0.5, 0.6) is 11.5 Å². The van der Waals surface area contributed by atoms with Crippen molar-refractivity contribution in [3.8, 4) is 11.5 Å². The molecule has 0 amide bonds. The molecule has 0 aliphatic carbocycles. The SMILES string of the molecule is CN=C(NCC(C)Oc1ccccc1OC)NCC1(CCO)CCOC1. The van der Waals surface area contributed by atoms with Crippen LogP contribution < -0.4 is 20.1 Å². The Balaban J connectivity index is 1.80. The van der Waals surface area contributed by atoms with Crippen LogP contribution in [-0.2, 0) is 4.74 Å². The number of nitrogens with zero attached hydrogens (tertiary/aromatic N) is 1. The second kappa shape index (κ2) is 10.2. The van der Waals surface area contributed by atoms with Crippen molar-refractivity contribution in [1.29, 1.82) is 0 Å². The van der Waals surface area contributed by atoms with Crippen molar-refractivity contribution < 1.29 is 19.3 Å². The van der Waals surface area contributed by atoms with E-state index in [0.29, 0.717) is 24.9 Å². The number of ether oxygens (including phenoxy) is 3. The Morgan fingerprint density at radius 3 is 2.73 bits per heavy atom. The van der Waals surface area contributed by atoms with Crippen LogP contribution in [0.2, 0.25) is 0 Å². The fraction of sp³-hybridized carbons (Fsp3) is 0.632. The Morgan fingerprint density at radius 1 is 1.35 bits per heavy atom.